The third-order valence-electron chi connectivity index (χ3n) is 3.21. The molecular formula is C12H17N3. The van der Waals surface area contributed by atoms with Gasteiger partial charge in [-0.25, -0.2) is 4.98 Å². The fourth-order valence-electron chi connectivity index (χ4n) is 2.47. The predicted octanol–water partition coefficient (Wildman–Crippen LogP) is 2.83. The standard InChI is InChI=1S/C12H17N3/c1-9-12(10-5-3-2-4-6-10)15-11(14-9)7-8-13/h10H,2-7H2,1H3,(H,14,15). The molecule has 2 rings (SSSR count). The smallest absolute Gasteiger partial charge is 0.120 e. The summed E-state index contributed by atoms with van der Waals surface area (Å²) in [6, 6.07) is 2.13. The van der Waals surface area contributed by atoms with Gasteiger partial charge in [0.2, 0.25) is 0 Å². The van der Waals surface area contributed by atoms with Gasteiger partial charge in [-0.15, -0.1) is 0 Å². The van der Waals surface area contributed by atoms with Gasteiger partial charge in [0.1, 0.15) is 5.82 Å². The summed E-state index contributed by atoms with van der Waals surface area (Å²) < 4.78 is 0. The van der Waals surface area contributed by atoms with Crippen molar-refractivity contribution in [2.75, 3.05) is 0 Å². The van der Waals surface area contributed by atoms with Crippen LogP contribution >= 0.6 is 0 Å². The maximum absolute atomic E-state index is 8.62. The van der Waals surface area contributed by atoms with Crippen LogP contribution in [0.1, 0.15) is 55.2 Å². The van der Waals surface area contributed by atoms with E-state index in [4.69, 9.17) is 5.26 Å². The molecular weight excluding hydrogens is 186 g/mol. The van der Waals surface area contributed by atoms with Crippen LogP contribution in [0.5, 0.6) is 0 Å². The number of nitriles is 1. The van der Waals surface area contributed by atoms with E-state index in [1.165, 1.54) is 37.8 Å². The van der Waals surface area contributed by atoms with E-state index in [1.54, 1.807) is 0 Å². The minimum absolute atomic E-state index is 0.396. The zero-order valence-corrected chi connectivity index (χ0v) is 9.21. The monoisotopic (exact) mass is 203 g/mol. The Kier molecular flexibility index (Phi) is 3.05. The van der Waals surface area contributed by atoms with E-state index in [9.17, 15) is 0 Å². The van der Waals surface area contributed by atoms with Crippen molar-refractivity contribution in [3.8, 4) is 6.07 Å². The Bertz CT molecular complexity index is 367. The van der Waals surface area contributed by atoms with E-state index in [0.717, 1.165) is 11.5 Å². The zero-order chi connectivity index (χ0) is 10.7. The van der Waals surface area contributed by atoms with E-state index in [2.05, 4.69) is 23.0 Å². The van der Waals surface area contributed by atoms with Gasteiger partial charge < -0.3 is 4.98 Å². The van der Waals surface area contributed by atoms with E-state index >= 15 is 0 Å². The summed E-state index contributed by atoms with van der Waals surface area (Å²) in [4.78, 5) is 7.75. The van der Waals surface area contributed by atoms with Gasteiger partial charge in [0.25, 0.3) is 0 Å². The molecule has 1 saturated carbocycles. The third kappa shape index (κ3) is 2.20. The van der Waals surface area contributed by atoms with Crippen LogP contribution in [0.3, 0.4) is 0 Å². The van der Waals surface area contributed by atoms with Crippen LogP contribution in [0.25, 0.3) is 0 Å². The third-order valence-corrected chi connectivity index (χ3v) is 3.21. The molecule has 1 aromatic rings. The molecule has 0 bridgehead atoms. The zero-order valence-electron chi connectivity index (χ0n) is 9.21. The maximum atomic E-state index is 8.62. The molecule has 1 aliphatic carbocycles. The summed E-state index contributed by atoms with van der Waals surface area (Å²) in [6.45, 7) is 2.07. The maximum Gasteiger partial charge on any atom is 0.120 e. The molecule has 0 amide bonds. The summed E-state index contributed by atoms with van der Waals surface area (Å²) in [5, 5.41) is 8.62. The lowest BCUT2D eigenvalue weighted by atomic mass is 9.86. The summed E-state index contributed by atoms with van der Waals surface area (Å²) in [7, 11) is 0. The Balaban J connectivity index is 2.16. The number of aryl methyl sites for hydroxylation is 1. The highest BCUT2D eigenvalue weighted by Crippen LogP contribution is 2.33. The number of H-pyrrole nitrogens is 1. The number of hydrogen-bond donors (Lipinski definition) is 1. The number of rotatable bonds is 2. The predicted molar refractivity (Wildman–Crippen MR) is 58.5 cm³/mol. The molecule has 80 valence electrons. The highest BCUT2D eigenvalue weighted by atomic mass is 14.9. The fourth-order valence-corrected chi connectivity index (χ4v) is 2.47. The van der Waals surface area contributed by atoms with Crippen molar-refractivity contribution in [3.05, 3.63) is 17.2 Å². The highest BCUT2D eigenvalue weighted by molar-refractivity contribution is 5.19. The SMILES string of the molecule is Cc1[nH]c(CC#N)nc1C1CCCCC1. The second-order valence-electron chi connectivity index (χ2n) is 4.36. The Labute approximate surface area is 90.5 Å². The van der Waals surface area contributed by atoms with E-state index in [-0.39, 0.29) is 0 Å². The number of imidazole rings is 1. The van der Waals surface area contributed by atoms with Gasteiger partial charge in [-0.2, -0.15) is 5.26 Å². The van der Waals surface area contributed by atoms with E-state index in [0.29, 0.717) is 12.3 Å². The van der Waals surface area contributed by atoms with Crippen molar-refractivity contribution in [1.29, 1.82) is 5.26 Å². The molecule has 1 aromatic heterocycles. The molecule has 0 aliphatic heterocycles. The Hall–Kier alpha value is -1.30. The first-order chi connectivity index (χ1) is 7.31. The van der Waals surface area contributed by atoms with Gasteiger partial charge in [-0.1, -0.05) is 19.3 Å². The first kappa shape index (κ1) is 10.2. The van der Waals surface area contributed by atoms with Gasteiger partial charge in [-0.3, -0.25) is 0 Å². The van der Waals surface area contributed by atoms with Gasteiger partial charge in [0.05, 0.1) is 18.2 Å². The first-order valence-corrected chi connectivity index (χ1v) is 5.73. The van der Waals surface area contributed by atoms with Crippen LogP contribution < -0.4 is 0 Å². The average Bonchev–Trinajstić information content (AvgIpc) is 2.61. The largest absolute Gasteiger partial charge is 0.345 e. The summed E-state index contributed by atoms with van der Waals surface area (Å²) in [6.07, 6.45) is 6.93. The van der Waals surface area contributed by atoms with Gasteiger partial charge in [0.15, 0.2) is 0 Å². The van der Waals surface area contributed by atoms with Crippen molar-refractivity contribution < 1.29 is 0 Å². The molecule has 1 aliphatic rings. The molecule has 1 heterocycles. The van der Waals surface area contributed by atoms with Crippen LogP contribution in [0.2, 0.25) is 0 Å². The second-order valence-corrected chi connectivity index (χ2v) is 4.36. The second kappa shape index (κ2) is 4.48. The van der Waals surface area contributed by atoms with Crippen molar-refractivity contribution in [3.63, 3.8) is 0 Å². The molecule has 0 radical (unpaired) electrons. The van der Waals surface area contributed by atoms with Gasteiger partial charge in [-0.05, 0) is 19.8 Å². The van der Waals surface area contributed by atoms with E-state index in [1.807, 2.05) is 0 Å². The minimum atomic E-state index is 0.396. The molecule has 3 nitrogen and oxygen atoms in total. The summed E-state index contributed by atoms with van der Waals surface area (Å²) in [5.74, 6) is 1.46. The van der Waals surface area contributed by atoms with Gasteiger partial charge in [0, 0.05) is 11.6 Å². The Morgan fingerprint density at radius 2 is 2.13 bits per heavy atom. The summed E-state index contributed by atoms with van der Waals surface area (Å²) in [5.41, 5.74) is 2.37. The van der Waals surface area contributed by atoms with Crippen LogP contribution in [0, 0.1) is 18.3 Å². The fraction of sp³-hybridized carbons (Fsp3) is 0.667. The van der Waals surface area contributed by atoms with Gasteiger partial charge >= 0.3 is 0 Å². The lowest BCUT2D eigenvalue weighted by Gasteiger charge is -2.20. The van der Waals surface area contributed by atoms with Crippen LogP contribution in [0.15, 0.2) is 0 Å². The number of aromatic nitrogens is 2. The summed E-state index contributed by atoms with van der Waals surface area (Å²) >= 11 is 0. The van der Waals surface area contributed by atoms with Crippen molar-refractivity contribution in [2.45, 2.75) is 51.4 Å². The molecule has 0 saturated heterocycles. The van der Waals surface area contributed by atoms with Crippen molar-refractivity contribution >= 4 is 0 Å². The topological polar surface area (TPSA) is 52.5 Å². The first-order valence-electron chi connectivity index (χ1n) is 5.73. The molecule has 1 fully saturated rings. The molecule has 3 heteroatoms. The average molecular weight is 203 g/mol. The molecule has 0 atom stereocenters. The number of hydrogen-bond acceptors (Lipinski definition) is 2. The quantitative estimate of drug-likeness (QED) is 0.803. The van der Waals surface area contributed by atoms with Crippen molar-refractivity contribution in [1.82, 2.24) is 9.97 Å². The molecule has 0 aromatic carbocycles. The molecule has 0 unspecified atom stereocenters. The molecule has 1 N–H and O–H groups in total. The Morgan fingerprint density at radius 1 is 1.40 bits per heavy atom. The number of nitrogens with zero attached hydrogens (tertiary/aromatic N) is 2. The number of nitrogens with one attached hydrogen (secondary N) is 1. The van der Waals surface area contributed by atoms with Crippen molar-refractivity contribution in [2.24, 2.45) is 0 Å². The number of aromatic amines is 1. The highest BCUT2D eigenvalue weighted by Gasteiger charge is 2.20. The van der Waals surface area contributed by atoms with Crippen LogP contribution in [-0.2, 0) is 6.42 Å². The minimum Gasteiger partial charge on any atom is -0.345 e. The Morgan fingerprint density at radius 3 is 2.80 bits per heavy atom. The van der Waals surface area contributed by atoms with E-state index < -0.39 is 0 Å². The lowest BCUT2D eigenvalue weighted by Crippen LogP contribution is -2.06. The normalized spacial score (nSPS) is 17.6. The van der Waals surface area contributed by atoms with Crippen LogP contribution in [0.4, 0.5) is 0 Å². The molecule has 15 heavy (non-hydrogen) atoms. The molecule has 0 spiro atoms. The lowest BCUT2D eigenvalue weighted by molar-refractivity contribution is 0.436. The van der Waals surface area contributed by atoms with Crippen LogP contribution in [-0.4, -0.2) is 9.97 Å².